The molecule has 2 amide bonds. The average Bonchev–Trinajstić information content (AvgIpc) is 2.59. The van der Waals surface area contributed by atoms with Crippen molar-refractivity contribution in [1.82, 2.24) is 10.2 Å². The molecule has 0 aromatic rings. The maximum atomic E-state index is 12.3. The van der Waals surface area contributed by atoms with Crippen LogP contribution in [0.4, 0.5) is 4.79 Å². The van der Waals surface area contributed by atoms with Gasteiger partial charge in [-0.3, -0.25) is 4.79 Å². The number of ether oxygens (including phenoxy) is 1. The molecule has 2 unspecified atom stereocenters. The fourth-order valence-electron chi connectivity index (χ4n) is 3.28. The van der Waals surface area contributed by atoms with Crippen LogP contribution in [0, 0.1) is 5.92 Å². The second kappa shape index (κ2) is 5.85. The molecule has 2 saturated heterocycles. The number of rotatable bonds is 2. The van der Waals surface area contributed by atoms with Gasteiger partial charge in [0.15, 0.2) is 0 Å². The van der Waals surface area contributed by atoms with Gasteiger partial charge < -0.3 is 15.0 Å². The number of piperidine rings is 1. The minimum Gasteiger partial charge on any atom is -0.444 e. The smallest absolute Gasteiger partial charge is 0.410 e. The Labute approximate surface area is 127 Å². The lowest BCUT2D eigenvalue weighted by atomic mass is 9.97. The Bertz CT molecular complexity index is 400. The Morgan fingerprint density at radius 3 is 2.10 bits per heavy atom. The third kappa shape index (κ3) is 3.89. The van der Waals surface area contributed by atoms with Gasteiger partial charge in [0.2, 0.25) is 5.91 Å². The number of nitrogens with zero attached hydrogens (tertiary/aromatic N) is 1. The lowest BCUT2D eigenvalue weighted by molar-refractivity contribution is -0.125. The van der Waals surface area contributed by atoms with Crippen molar-refractivity contribution >= 4 is 12.0 Å². The first kappa shape index (κ1) is 16.1. The van der Waals surface area contributed by atoms with Gasteiger partial charge in [0.1, 0.15) is 5.60 Å². The van der Waals surface area contributed by atoms with Crippen molar-refractivity contribution in [2.24, 2.45) is 5.92 Å². The summed E-state index contributed by atoms with van der Waals surface area (Å²) in [5.74, 6) is 0.108. The van der Waals surface area contributed by atoms with Gasteiger partial charge in [-0.15, -0.1) is 0 Å². The zero-order chi connectivity index (χ0) is 15.8. The normalized spacial score (nSPS) is 28.7. The molecule has 2 rings (SSSR count). The second-order valence-corrected chi connectivity index (χ2v) is 7.60. The Morgan fingerprint density at radius 1 is 1.14 bits per heavy atom. The second-order valence-electron chi connectivity index (χ2n) is 7.60. The predicted molar refractivity (Wildman–Crippen MR) is 80.9 cm³/mol. The van der Waals surface area contributed by atoms with Gasteiger partial charge in [-0.05, 0) is 46.5 Å². The molecular formula is C16H28N2O3. The van der Waals surface area contributed by atoms with E-state index in [1.165, 1.54) is 0 Å². The molecule has 2 fully saturated rings. The largest absolute Gasteiger partial charge is 0.444 e. The van der Waals surface area contributed by atoms with Crippen LogP contribution in [-0.4, -0.2) is 40.6 Å². The molecule has 120 valence electrons. The summed E-state index contributed by atoms with van der Waals surface area (Å²) >= 11 is 0. The zero-order valence-electron chi connectivity index (χ0n) is 13.8. The van der Waals surface area contributed by atoms with Gasteiger partial charge in [0.05, 0.1) is 0 Å². The van der Waals surface area contributed by atoms with Crippen molar-refractivity contribution in [3.8, 4) is 0 Å². The third-order valence-electron chi connectivity index (χ3n) is 4.21. The summed E-state index contributed by atoms with van der Waals surface area (Å²) in [7, 11) is 0. The van der Waals surface area contributed by atoms with Crippen molar-refractivity contribution < 1.29 is 14.3 Å². The standard InChI is InChI=1S/C16H28N2O3/c1-10(2)14(19)17-11-8-12-6-7-13(9-11)18(12)15(20)21-16(3,4)5/h10-13H,6-9H2,1-5H3,(H,17,19). The molecule has 1 N–H and O–H groups in total. The summed E-state index contributed by atoms with van der Waals surface area (Å²) in [6.07, 6.45) is 3.50. The van der Waals surface area contributed by atoms with Crippen LogP contribution in [-0.2, 0) is 9.53 Å². The average molecular weight is 296 g/mol. The molecule has 0 aliphatic carbocycles. The maximum Gasteiger partial charge on any atom is 0.410 e. The summed E-state index contributed by atoms with van der Waals surface area (Å²) in [5, 5.41) is 3.11. The van der Waals surface area contributed by atoms with E-state index in [1.54, 1.807) is 0 Å². The SMILES string of the molecule is CC(C)C(=O)NC1CC2CCC(C1)N2C(=O)OC(C)(C)C. The first-order chi connectivity index (χ1) is 9.67. The predicted octanol–water partition coefficient (Wildman–Crippen LogP) is 2.69. The van der Waals surface area contributed by atoms with Crippen LogP contribution in [0.15, 0.2) is 0 Å². The quantitative estimate of drug-likeness (QED) is 0.852. The molecule has 0 aromatic heterocycles. The van der Waals surface area contributed by atoms with Crippen molar-refractivity contribution in [3.05, 3.63) is 0 Å². The molecule has 2 atom stereocenters. The highest BCUT2D eigenvalue weighted by atomic mass is 16.6. The molecule has 0 saturated carbocycles. The summed E-state index contributed by atoms with van der Waals surface area (Å²) in [6, 6.07) is 0.600. The van der Waals surface area contributed by atoms with Gasteiger partial charge in [-0.25, -0.2) is 4.79 Å². The van der Waals surface area contributed by atoms with E-state index in [4.69, 9.17) is 4.74 Å². The van der Waals surface area contributed by atoms with Crippen LogP contribution < -0.4 is 5.32 Å². The van der Waals surface area contributed by atoms with Crippen molar-refractivity contribution in [2.75, 3.05) is 0 Å². The first-order valence-electron chi connectivity index (χ1n) is 7.99. The van der Waals surface area contributed by atoms with Crippen LogP contribution >= 0.6 is 0 Å². The fourth-order valence-corrected chi connectivity index (χ4v) is 3.28. The molecule has 2 bridgehead atoms. The van der Waals surface area contributed by atoms with Crippen LogP contribution in [0.5, 0.6) is 0 Å². The minimum atomic E-state index is -0.459. The zero-order valence-corrected chi connectivity index (χ0v) is 13.8. The van der Waals surface area contributed by atoms with E-state index >= 15 is 0 Å². The first-order valence-corrected chi connectivity index (χ1v) is 7.99. The fraction of sp³-hybridized carbons (Fsp3) is 0.875. The monoisotopic (exact) mass is 296 g/mol. The molecular weight excluding hydrogens is 268 g/mol. The Hall–Kier alpha value is -1.26. The lowest BCUT2D eigenvalue weighted by Crippen LogP contribution is -2.53. The van der Waals surface area contributed by atoms with Crippen LogP contribution in [0.1, 0.15) is 60.3 Å². The third-order valence-corrected chi connectivity index (χ3v) is 4.21. The molecule has 5 nitrogen and oxygen atoms in total. The molecule has 0 radical (unpaired) electrons. The van der Waals surface area contributed by atoms with Crippen molar-refractivity contribution in [3.63, 3.8) is 0 Å². The van der Waals surface area contributed by atoms with Crippen molar-refractivity contribution in [1.29, 1.82) is 0 Å². The van der Waals surface area contributed by atoms with Crippen molar-refractivity contribution in [2.45, 2.75) is 84.0 Å². The van der Waals surface area contributed by atoms with Crippen LogP contribution in [0.2, 0.25) is 0 Å². The van der Waals surface area contributed by atoms with E-state index in [1.807, 2.05) is 39.5 Å². The lowest BCUT2D eigenvalue weighted by Gasteiger charge is -2.39. The van der Waals surface area contributed by atoms with Gasteiger partial charge in [0, 0.05) is 24.0 Å². The van der Waals surface area contributed by atoms with Gasteiger partial charge in [0.25, 0.3) is 0 Å². The van der Waals surface area contributed by atoms with Crippen LogP contribution in [0.3, 0.4) is 0 Å². The van der Waals surface area contributed by atoms with E-state index in [0.29, 0.717) is 0 Å². The van der Waals surface area contributed by atoms with Gasteiger partial charge >= 0.3 is 6.09 Å². The summed E-state index contributed by atoms with van der Waals surface area (Å²) < 4.78 is 5.51. The highest BCUT2D eigenvalue weighted by Gasteiger charge is 2.45. The number of carbonyl (C=O) groups is 2. The van der Waals surface area contributed by atoms with Crippen LogP contribution in [0.25, 0.3) is 0 Å². The molecule has 2 aliphatic rings. The number of hydrogen-bond donors (Lipinski definition) is 1. The summed E-state index contributed by atoms with van der Waals surface area (Å²) in [6.45, 7) is 9.48. The highest BCUT2D eigenvalue weighted by Crippen LogP contribution is 2.36. The molecule has 2 aliphatic heterocycles. The van der Waals surface area contributed by atoms with E-state index in [2.05, 4.69) is 5.32 Å². The topological polar surface area (TPSA) is 58.6 Å². The number of carbonyl (C=O) groups excluding carboxylic acids is 2. The maximum absolute atomic E-state index is 12.3. The minimum absolute atomic E-state index is 0.00605. The van der Waals surface area contributed by atoms with E-state index in [9.17, 15) is 9.59 Å². The molecule has 2 heterocycles. The number of amides is 2. The number of nitrogens with one attached hydrogen (secondary N) is 1. The Morgan fingerprint density at radius 2 is 1.67 bits per heavy atom. The van der Waals surface area contributed by atoms with E-state index in [0.717, 1.165) is 25.7 Å². The Kier molecular flexibility index (Phi) is 4.49. The van der Waals surface area contributed by atoms with E-state index < -0.39 is 5.60 Å². The number of hydrogen-bond acceptors (Lipinski definition) is 3. The van der Waals surface area contributed by atoms with Gasteiger partial charge in [-0.1, -0.05) is 13.8 Å². The molecule has 0 aromatic carbocycles. The Balaban J connectivity index is 1.96. The summed E-state index contributed by atoms with van der Waals surface area (Å²) in [4.78, 5) is 26.1. The summed E-state index contributed by atoms with van der Waals surface area (Å²) in [5.41, 5.74) is -0.459. The van der Waals surface area contributed by atoms with E-state index in [-0.39, 0.29) is 36.0 Å². The molecule has 0 spiro atoms. The molecule has 5 heteroatoms. The highest BCUT2D eigenvalue weighted by molar-refractivity contribution is 5.78. The number of fused-ring (bicyclic) bond motifs is 2. The molecule has 21 heavy (non-hydrogen) atoms. The van der Waals surface area contributed by atoms with Gasteiger partial charge in [-0.2, -0.15) is 0 Å².